The van der Waals surface area contributed by atoms with E-state index in [0.717, 1.165) is 49.8 Å². The van der Waals surface area contributed by atoms with Gasteiger partial charge in [-0.15, -0.1) is 10.2 Å². The summed E-state index contributed by atoms with van der Waals surface area (Å²) < 4.78 is 54.9. The van der Waals surface area contributed by atoms with Crippen LogP contribution in [0.15, 0.2) is 30.6 Å². The van der Waals surface area contributed by atoms with Gasteiger partial charge < -0.3 is 14.9 Å². The highest BCUT2D eigenvalue weighted by Gasteiger charge is 2.62. The lowest BCUT2D eigenvalue weighted by molar-refractivity contribution is -0.300. The third kappa shape index (κ3) is 3.66. The second-order valence-electron chi connectivity index (χ2n) is 10.9. The summed E-state index contributed by atoms with van der Waals surface area (Å²) in [6.07, 6.45) is -3.10. The third-order valence-corrected chi connectivity index (χ3v) is 8.42. The molecule has 1 saturated carbocycles. The van der Waals surface area contributed by atoms with Crippen LogP contribution in [0.4, 0.5) is 29.5 Å². The molecule has 1 N–H and O–H groups in total. The van der Waals surface area contributed by atoms with Gasteiger partial charge >= 0.3 is 6.18 Å². The van der Waals surface area contributed by atoms with E-state index in [1.54, 1.807) is 6.07 Å². The zero-order chi connectivity index (χ0) is 26.4. The van der Waals surface area contributed by atoms with Crippen molar-refractivity contribution < 1.29 is 22.7 Å². The molecule has 3 aromatic rings. The minimum atomic E-state index is -4.66. The Bertz CT molecular complexity index is 1390. The summed E-state index contributed by atoms with van der Waals surface area (Å²) in [4.78, 5) is 14.2. The van der Waals surface area contributed by atoms with Crippen molar-refractivity contribution in [3.05, 3.63) is 52.8 Å². The van der Waals surface area contributed by atoms with E-state index in [0.29, 0.717) is 35.8 Å². The van der Waals surface area contributed by atoms with Gasteiger partial charge in [0.1, 0.15) is 0 Å². The monoisotopic (exact) mass is 550 g/mol. The van der Waals surface area contributed by atoms with Crippen LogP contribution in [0, 0.1) is 11.2 Å². The van der Waals surface area contributed by atoms with Crippen molar-refractivity contribution in [3.8, 4) is 5.69 Å². The quantitative estimate of drug-likeness (QED) is 0.498. The first-order valence-corrected chi connectivity index (χ1v) is 12.6. The Hall–Kier alpha value is -3.03. The fraction of sp³-hybridized carbons (Fsp3) is 0.500. The summed E-state index contributed by atoms with van der Waals surface area (Å²) >= 11 is 6.29. The molecule has 1 spiro atoms. The van der Waals surface area contributed by atoms with E-state index in [9.17, 15) is 22.7 Å². The average molecular weight is 551 g/mol. The highest BCUT2D eigenvalue weighted by Crippen LogP contribution is 2.49. The molecule has 0 atom stereocenters. The molecule has 3 fully saturated rings. The summed E-state index contributed by atoms with van der Waals surface area (Å²) in [7, 11) is 0. The molecule has 0 unspecified atom stereocenters. The first-order chi connectivity index (χ1) is 18.0. The smallest absolute Gasteiger partial charge is 0.380 e. The lowest BCUT2D eigenvalue weighted by atomic mass is 9.73. The van der Waals surface area contributed by atoms with E-state index >= 15 is 0 Å². The van der Waals surface area contributed by atoms with Crippen LogP contribution < -0.4 is 9.80 Å². The molecule has 2 aromatic heterocycles. The molecule has 3 aliphatic heterocycles. The minimum absolute atomic E-state index is 0.0533. The van der Waals surface area contributed by atoms with Gasteiger partial charge in [-0.05, 0) is 23.8 Å². The van der Waals surface area contributed by atoms with E-state index < -0.39 is 23.6 Å². The number of aliphatic hydroxyl groups is 1. The number of hydrogen-bond donors (Lipinski definition) is 1. The SMILES string of the molecule is OC1(C(F)(F)F)CC(N2Cc3cc(Cl)ccc3-n3c(nnc3N3CC4(CN(c5ncc(F)cn5)C4)C3)C2)C1. The summed E-state index contributed by atoms with van der Waals surface area (Å²) in [5.74, 6) is 1.33. The molecule has 0 bridgehead atoms. The van der Waals surface area contributed by atoms with Crippen LogP contribution in [0.25, 0.3) is 5.69 Å². The second-order valence-corrected chi connectivity index (χ2v) is 11.4. The number of halogens is 5. The van der Waals surface area contributed by atoms with Crippen LogP contribution in [0.5, 0.6) is 0 Å². The minimum Gasteiger partial charge on any atom is -0.380 e. The highest BCUT2D eigenvalue weighted by atomic mass is 35.5. The van der Waals surface area contributed by atoms with Crippen molar-refractivity contribution in [2.75, 3.05) is 36.0 Å². The molecule has 5 heterocycles. The molecule has 9 nitrogen and oxygen atoms in total. The number of alkyl halides is 3. The van der Waals surface area contributed by atoms with Gasteiger partial charge in [0, 0.05) is 62.0 Å². The first kappa shape index (κ1) is 24.0. The van der Waals surface area contributed by atoms with Gasteiger partial charge in [0.2, 0.25) is 11.9 Å². The maximum absolute atomic E-state index is 13.3. The van der Waals surface area contributed by atoms with Crippen LogP contribution in [0.2, 0.25) is 5.02 Å². The van der Waals surface area contributed by atoms with Crippen LogP contribution in [0.1, 0.15) is 24.2 Å². The Morgan fingerprint density at radius 2 is 1.66 bits per heavy atom. The number of fused-ring (bicyclic) bond motifs is 3. The van der Waals surface area contributed by atoms with Crippen molar-refractivity contribution in [1.82, 2.24) is 29.6 Å². The lowest BCUT2D eigenvalue weighted by Gasteiger charge is -2.60. The summed E-state index contributed by atoms with van der Waals surface area (Å²) in [6, 6.07) is 5.04. The molecular formula is C24H23ClF4N8O. The van der Waals surface area contributed by atoms with E-state index in [1.165, 1.54) is 0 Å². The second kappa shape index (κ2) is 7.99. The Balaban J connectivity index is 1.11. The van der Waals surface area contributed by atoms with Crippen LogP contribution in [0.3, 0.4) is 0 Å². The predicted octanol–water partition coefficient (Wildman–Crippen LogP) is 2.95. The van der Waals surface area contributed by atoms with Crippen molar-refractivity contribution in [2.24, 2.45) is 5.41 Å². The molecular weight excluding hydrogens is 528 g/mol. The van der Waals surface area contributed by atoms with E-state index in [1.807, 2.05) is 26.5 Å². The van der Waals surface area contributed by atoms with Gasteiger partial charge in [-0.3, -0.25) is 9.47 Å². The summed E-state index contributed by atoms with van der Waals surface area (Å²) in [5.41, 5.74) is -0.898. The molecule has 200 valence electrons. The fourth-order valence-corrected chi connectivity index (χ4v) is 6.36. The van der Waals surface area contributed by atoms with Crippen LogP contribution in [-0.4, -0.2) is 78.7 Å². The van der Waals surface area contributed by atoms with Crippen molar-refractivity contribution in [1.29, 1.82) is 0 Å². The zero-order valence-corrected chi connectivity index (χ0v) is 20.8. The molecule has 0 radical (unpaired) electrons. The van der Waals surface area contributed by atoms with E-state index in [-0.39, 0.29) is 18.3 Å². The molecule has 1 aromatic carbocycles. The van der Waals surface area contributed by atoms with Gasteiger partial charge in [-0.2, -0.15) is 13.2 Å². The molecule has 4 aliphatic rings. The Kier molecular flexibility index (Phi) is 5.06. The lowest BCUT2D eigenvalue weighted by Crippen LogP contribution is -2.73. The normalized spacial score (nSPS) is 26.2. The molecule has 14 heteroatoms. The van der Waals surface area contributed by atoms with Crippen molar-refractivity contribution in [2.45, 2.75) is 43.8 Å². The van der Waals surface area contributed by atoms with Crippen LogP contribution in [-0.2, 0) is 13.1 Å². The largest absolute Gasteiger partial charge is 0.417 e. The van der Waals surface area contributed by atoms with Gasteiger partial charge in [0.25, 0.3) is 0 Å². The fourth-order valence-electron chi connectivity index (χ4n) is 6.16. The number of nitrogens with zero attached hydrogens (tertiary/aromatic N) is 8. The first-order valence-electron chi connectivity index (χ1n) is 12.3. The Morgan fingerprint density at radius 1 is 0.974 bits per heavy atom. The number of hydrogen-bond acceptors (Lipinski definition) is 8. The van der Waals surface area contributed by atoms with Crippen molar-refractivity contribution >= 4 is 23.5 Å². The zero-order valence-electron chi connectivity index (χ0n) is 20.0. The average Bonchev–Trinajstić information content (AvgIpc) is 3.10. The standard InChI is InChI=1S/C24H23ClF4N8O/c25-15-1-2-18-14(3-15)8-34(17-4-23(38,5-17)24(27,28)29)9-19-32-33-21(37(18)19)36-12-22(13-36)10-35(11-22)20-30-6-16(26)7-31-20/h1-3,6-7,17,38H,4-5,8-13H2. The van der Waals surface area contributed by atoms with Crippen LogP contribution >= 0.6 is 11.6 Å². The number of anilines is 2. The predicted molar refractivity (Wildman–Crippen MR) is 128 cm³/mol. The highest BCUT2D eigenvalue weighted by molar-refractivity contribution is 6.30. The summed E-state index contributed by atoms with van der Waals surface area (Å²) in [5, 5.41) is 19.4. The molecule has 0 amide bonds. The van der Waals surface area contributed by atoms with Gasteiger partial charge in [-0.1, -0.05) is 11.6 Å². The Morgan fingerprint density at radius 3 is 2.34 bits per heavy atom. The number of aromatic nitrogens is 5. The van der Waals surface area contributed by atoms with Crippen molar-refractivity contribution in [3.63, 3.8) is 0 Å². The van der Waals surface area contributed by atoms with Gasteiger partial charge in [-0.25, -0.2) is 14.4 Å². The van der Waals surface area contributed by atoms with E-state index in [4.69, 9.17) is 11.6 Å². The molecule has 2 saturated heterocycles. The molecule has 7 rings (SSSR count). The number of rotatable bonds is 3. The topological polar surface area (TPSA) is 86.4 Å². The molecule has 1 aliphatic carbocycles. The summed E-state index contributed by atoms with van der Waals surface area (Å²) in [6.45, 7) is 3.67. The van der Waals surface area contributed by atoms with Gasteiger partial charge in [0.15, 0.2) is 17.2 Å². The Labute approximate surface area is 219 Å². The van der Waals surface area contributed by atoms with Gasteiger partial charge in [0.05, 0.1) is 24.6 Å². The third-order valence-electron chi connectivity index (χ3n) is 8.18. The maximum atomic E-state index is 13.3. The number of benzene rings is 1. The maximum Gasteiger partial charge on any atom is 0.417 e. The van der Waals surface area contributed by atoms with E-state index in [2.05, 4.69) is 25.1 Å². The molecule has 38 heavy (non-hydrogen) atoms.